The molecule has 2 N–H and O–H groups in total. The van der Waals surface area contributed by atoms with Crippen molar-refractivity contribution in [2.24, 2.45) is 5.10 Å². The first-order valence-corrected chi connectivity index (χ1v) is 10.8. The summed E-state index contributed by atoms with van der Waals surface area (Å²) in [5.41, 5.74) is 11.5. The quantitative estimate of drug-likeness (QED) is 0.663. The molecule has 5 nitrogen and oxygen atoms in total. The van der Waals surface area contributed by atoms with Crippen molar-refractivity contribution < 1.29 is 4.74 Å². The van der Waals surface area contributed by atoms with Gasteiger partial charge in [-0.2, -0.15) is 5.10 Å². The van der Waals surface area contributed by atoms with Gasteiger partial charge in [0.1, 0.15) is 6.73 Å². The lowest BCUT2D eigenvalue weighted by molar-refractivity contribution is 0.103. The van der Waals surface area contributed by atoms with Gasteiger partial charge >= 0.3 is 0 Å². The minimum absolute atomic E-state index is 0.0828. The van der Waals surface area contributed by atoms with E-state index >= 15 is 0 Å². The molecule has 0 bridgehead atoms. The van der Waals surface area contributed by atoms with Gasteiger partial charge in [-0.1, -0.05) is 66.7 Å². The molecule has 2 unspecified atom stereocenters. The fraction of sp³-hybridized carbons (Fsp3) is 0.269. The van der Waals surface area contributed by atoms with Crippen molar-refractivity contribution in [3.05, 3.63) is 101 Å². The molecule has 5 heteroatoms. The Kier molecular flexibility index (Phi) is 5.45. The summed E-state index contributed by atoms with van der Waals surface area (Å²) in [6, 6.07) is 26.1. The Hall–Kier alpha value is -3.15. The van der Waals surface area contributed by atoms with Crippen molar-refractivity contribution in [3.63, 3.8) is 0 Å². The first kappa shape index (κ1) is 19.8. The van der Waals surface area contributed by atoms with Crippen LogP contribution in [-0.4, -0.2) is 31.4 Å². The van der Waals surface area contributed by atoms with Gasteiger partial charge in [0.15, 0.2) is 0 Å². The van der Waals surface area contributed by atoms with Crippen LogP contribution in [0.1, 0.15) is 39.8 Å². The molecule has 0 aromatic heterocycles. The molecule has 0 saturated carbocycles. The Labute approximate surface area is 183 Å². The van der Waals surface area contributed by atoms with Gasteiger partial charge in [-0.05, 0) is 42.4 Å². The van der Waals surface area contributed by atoms with Crippen molar-refractivity contribution in [2.45, 2.75) is 25.1 Å². The fourth-order valence-corrected chi connectivity index (χ4v) is 4.64. The maximum absolute atomic E-state index is 5.72. The predicted octanol–water partition coefficient (Wildman–Crippen LogP) is 4.48. The lowest BCUT2D eigenvalue weighted by Crippen LogP contribution is -2.35. The van der Waals surface area contributed by atoms with Gasteiger partial charge < -0.3 is 15.0 Å². The number of hydrogen-bond acceptors (Lipinski definition) is 5. The van der Waals surface area contributed by atoms with E-state index in [2.05, 4.69) is 103 Å². The molecule has 0 fully saturated rings. The molecule has 3 aromatic rings. The molecule has 0 aliphatic carbocycles. The highest BCUT2D eigenvalue weighted by Gasteiger charge is 2.37. The highest BCUT2D eigenvalue weighted by atomic mass is 16.5. The minimum atomic E-state index is 0.0828. The van der Waals surface area contributed by atoms with Gasteiger partial charge in [-0.15, -0.1) is 0 Å². The van der Waals surface area contributed by atoms with E-state index < -0.39 is 0 Å². The summed E-state index contributed by atoms with van der Waals surface area (Å²) >= 11 is 0. The van der Waals surface area contributed by atoms with Crippen LogP contribution in [0, 0.1) is 0 Å². The second-order valence-electron chi connectivity index (χ2n) is 8.48. The SMILES string of the molecule is CN(C)Cc1ccc(C2Nc3cccc4c3/C(=N\NCOC4)C2c2ccccc2)cc1. The number of rotatable bonds is 4. The molecular weight excluding hydrogens is 384 g/mol. The third kappa shape index (κ3) is 3.94. The number of nitrogens with zero attached hydrogens (tertiary/aromatic N) is 2. The molecule has 158 valence electrons. The third-order valence-corrected chi connectivity index (χ3v) is 5.97. The van der Waals surface area contributed by atoms with E-state index in [1.807, 2.05) is 0 Å². The lowest BCUT2D eigenvalue weighted by Gasteiger charge is -2.38. The van der Waals surface area contributed by atoms with Crippen molar-refractivity contribution in [2.75, 3.05) is 26.1 Å². The number of hydrogen-bond donors (Lipinski definition) is 2. The van der Waals surface area contributed by atoms with E-state index in [0.717, 1.165) is 23.5 Å². The van der Waals surface area contributed by atoms with Gasteiger partial charge in [-0.3, -0.25) is 5.43 Å². The molecule has 31 heavy (non-hydrogen) atoms. The average Bonchev–Trinajstić information content (AvgIpc) is 2.77. The number of benzene rings is 3. The van der Waals surface area contributed by atoms with Gasteiger partial charge in [0, 0.05) is 17.8 Å². The van der Waals surface area contributed by atoms with Crippen LogP contribution >= 0.6 is 0 Å². The average molecular weight is 413 g/mol. The highest BCUT2D eigenvalue weighted by Crippen LogP contribution is 2.44. The van der Waals surface area contributed by atoms with Crippen LogP contribution in [0.15, 0.2) is 77.9 Å². The zero-order valence-corrected chi connectivity index (χ0v) is 18.0. The second kappa shape index (κ2) is 8.53. The smallest absolute Gasteiger partial charge is 0.132 e. The number of hydrazone groups is 1. The normalized spacial score (nSPS) is 21.7. The number of nitrogens with one attached hydrogen (secondary N) is 2. The predicted molar refractivity (Wildman–Crippen MR) is 125 cm³/mol. The first-order chi connectivity index (χ1) is 15.2. The monoisotopic (exact) mass is 412 g/mol. The van der Waals surface area contributed by atoms with E-state index in [1.165, 1.54) is 22.3 Å². The molecule has 0 saturated heterocycles. The molecule has 2 atom stereocenters. The Morgan fingerprint density at radius 1 is 0.935 bits per heavy atom. The van der Waals surface area contributed by atoms with Crippen LogP contribution in [0.25, 0.3) is 0 Å². The molecular formula is C26H28N4O. The first-order valence-electron chi connectivity index (χ1n) is 10.8. The summed E-state index contributed by atoms with van der Waals surface area (Å²) < 4.78 is 5.72. The van der Waals surface area contributed by atoms with Crippen LogP contribution < -0.4 is 10.7 Å². The highest BCUT2D eigenvalue weighted by molar-refractivity contribution is 6.12. The molecule has 0 radical (unpaired) electrons. The van der Waals surface area contributed by atoms with Crippen molar-refractivity contribution in [1.82, 2.24) is 10.3 Å². The van der Waals surface area contributed by atoms with Gasteiger partial charge in [-0.25, -0.2) is 0 Å². The Bertz CT molecular complexity index is 1080. The lowest BCUT2D eigenvalue weighted by atomic mass is 9.76. The largest absolute Gasteiger partial charge is 0.377 e. The molecule has 0 spiro atoms. The molecule has 2 aliphatic heterocycles. The van der Waals surface area contributed by atoms with Crippen molar-refractivity contribution >= 4 is 11.4 Å². The standard InChI is InChI=1S/C26H28N4O/c1-30(2)15-18-11-13-20(14-12-18)25-24(19-7-4-3-5-8-19)26-23-21(16-31-17-27-29-26)9-6-10-22(23)28-25/h3-14,24-25,27-28H,15-17H2,1-2H3/b29-26+. The fourth-order valence-electron chi connectivity index (χ4n) is 4.64. The van der Waals surface area contributed by atoms with Gasteiger partial charge in [0.05, 0.1) is 24.3 Å². The van der Waals surface area contributed by atoms with E-state index in [-0.39, 0.29) is 12.0 Å². The number of anilines is 1. The molecule has 5 rings (SSSR count). The summed E-state index contributed by atoms with van der Waals surface area (Å²) in [5.74, 6) is 0.0835. The minimum Gasteiger partial charge on any atom is -0.377 e. The van der Waals surface area contributed by atoms with Crippen LogP contribution in [-0.2, 0) is 17.9 Å². The zero-order chi connectivity index (χ0) is 21.2. The number of ether oxygens (including phenoxy) is 1. The van der Waals surface area contributed by atoms with Crippen LogP contribution in [0.3, 0.4) is 0 Å². The maximum atomic E-state index is 5.72. The molecule has 0 amide bonds. The van der Waals surface area contributed by atoms with Crippen LogP contribution in [0.5, 0.6) is 0 Å². The van der Waals surface area contributed by atoms with Crippen molar-refractivity contribution in [1.29, 1.82) is 0 Å². The van der Waals surface area contributed by atoms with Crippen LogP contribution in [0.2, 0.25) is 0 Å². The van der Waals surface area contributed by atoms with Gasteiger partial charge in [0.2, 0.25) is 0 Å². The van der Waals surface area contributed by atoms with Crippen molar-refractivity contribution in [3.8, 4) is 0 Å². The molecule has 3 aromatic carbocycles. The second-order valence-corrected chi connectivity index (χ2v) is 8.48. The third-order valence-electron chi connectivity index (χ3n) is 5.97. The Morgan fingerprint density at radius 3 is 2.52 bits per heavy atom. The maximum Gasteiger partial charge on any atom is 0.132 e. The summed E-state index contributed by atoms with van der Waals surface area (Å²) in [7, 11) is 4.19. The van der Waals surface area contributed by atoms with Gasteiger partial charge in [0.25, 0.3) is 0 Å². The van der Waals surface area contributed by atoms with E-state index in [0.29, 0.717) is 13.3 Å². The van der Waals surface area contributed by atoms with E-state index in [9.17, 15) is 0 Å². The summed E-state index contributed by atoms with van der Waals surface area (Å²) in [6.45, 7) is 1.91. The Morgan fingerprint density at radius 2 is 1.74 bits per heavy atom. The van der Waals surface area contributed by atoms with Crippen LogP contribution in [0.4, 0.5) is 5.69 Å². The van der Waals surface area contributed by atoms with E-state index in [4.69, 9.17) is 9.84 Å². The topological polar surface area (TPSA) is 48.9 Å². The molecule has 2 heterocycles. The summed E-state index contributed by atoms with van der Waals surface area (Å²) in [4.78, 5) is 2.19. The van der Waals surface area contributed by atoms with E-state index in [1.54, 1.807) is 0 Å². The zero-order valence-electron chi connectivity index (χ0n) is 18.0. The Balaban J connectivity index is 1.64. The summed E-state index contributed by atoms with van der Waals surface area (Å²) in [6.07, 6.45) is 0. The molecule has 2 aliphatic rings. The summed E-state index contributed by atoms with van der Waals surface area (Å²) in [5, 5.41) is 8.68.